The summed E-state index contributed by atoms with van der Waals surface area (Å²) in [4.78, 5) is 14.1. The van der Waals surface area contributed by atoms with Gasteiger partial charge in [-0.2, -0.15) is 13.2 Å². The fraction of sp³-hybridized carbons (Fsp3) is 0.238. The molecule has 4 nitrogen and oxygen atoms in total. The van der Waals surface area contributed by atoms with Crippen molar-refractivity contribution in [3.8, 4) is 0 Å². The summed E-state index contributed by atoms with van der Waals surface area (Å²) in [5.41, 5.74) is 0.805. The number of alkyl halides is 3. The van der Waals surface area contributed by atoms with Crippen molar-refractivity contribution >= 4 is 52.3 Å². The van der Waals surface area contributed by atoms with Gasteiger partial charge in [-0.05, 0) is 67.0 Å². The van der Waals surface area contributed by atoms with Crippen molar-refractivity contribution in [3.63, 3.8) is 0 Å². The van der Waals surface area contributed by atoms with Gasteiger partial charge in [0.05, 0.1) is 16.9 Å². The summed E-state index contributed by atoms with van der Waals surface area (Å²) < 4.78 is 39.4. The van der Waals surface area contributed by atoms with Gasteiger partial charge < -0.3 is 10.2 Å². The van der Waals surface area contributed by atoms with Gasteiger partial charge in [-0.3, -0.25) is 10.1 Å². The Kier molecular flexibility index (Phi) is 6.99. The number of anilines is 2. The topological polar surface area (TPSA) is 44.4 Å². The van der Waals surface area contributed by atoms with Crippen LogP contribution in [-0.4, -0.2) is 24.1 Å². The Morgan fingerprint density at radius 1 is 1.10 bits per heavy atom. The summed E-state index contributed by atoms with van der Waals surface area (Å²) >= 11 is 11.0. The predicted octanol–water partition coefficient (Wildman–Crippen LogP) is 5.49. The molecule has 0 aromatic heterocycles. The smallest absolute Gasteiger partial charge is 0.370 e. The van der Waals surface area contributed by atoms with Crippen LogP contribution in [0.2, 0.25) is 5.02 Å². The van der Waals surface area contributed by atoms with Gasteiger partial charge in [0.2, 0.25) is 5.91 Å². The summed E-state index contributed by atoms with van der Waals surface area (Å²) in [5.74, 6) is -0.503. The summed E-state index contributed by atoms with van der Waals surface area (Å²) in [6, 6.07) is 10.4. The first kappa shape index (κ1) is 22.1. The minimum Gasteiger partial charge on any atom is -0.370 e. The number of thiocarbonyl (C=S) groups is 1. The van der Waals surface area contributed by atoms with Crippen LogP contribution in [0.5, 0.6) is 0 Å². The first-order valence-electron chi connectivity index (χ1n) is 9.24. The highest BCUT2D eigenvalue weighted by atomic mass is 35.5. The molecule has 9 heteroatoms. The van der Waals surface area contributed by atoms with Crippen molar-refractivity contribution in [1.29, 1.82) is 0 Å². The number of benzene rings is 2. The largest absolute Gasteiger partial charge is 0.416 e. The number of hydrogen-bond acceptors (Lipinski definition) is 3. The maximum Gasteiger partial charge on any atom is 0.416 e. The fourth-order valence-corrected chi connectivity index (χ4v) is 3.44. The van der Waals surface area contributed by atoms with Gasteiger partial charge in [-0.1, -0.05) is 23.7 Å². The zero-order chi connectivity index (χ0) is 21.7. The highest BCUT2D eigenvalue weighted by Gasteiger charge is 2.31. The molecule has 0 bridgehead atoms. The van der Waals surface area contributed by atoms with Gasteiger partial charge in [0, 0.05) is 24.2 Å². The van der Waals surface area contributed by atoms with Crippen LogP contribution in [0.1, 0.15) is 24.0 Å². The predicted molar refractivity (Wildman–Crippen MR) is 118 cm³/mol. The first-order chi connectivity index (χ1) is 14.2. The molecule has 0 unspecified atom stereocenters. The Labute approximate surface area is 182 Å². The number of carbonyl (C=O) groups excluding carboxylic acids is 1. The Morgan fingerprint density at radius 3 is 2.40 bits per heavy atom. The van der Waals surface area contributed by atoms with Crippen LogP contribution in [0.15, 0.2) is 48.5 Å². The third-order valence-corrected chi connectivity index (χ3v) is 5.01. The summed E-state index contributed by atoms with van der Waals surface area (Å²) in [6.45, 7) is 1.51. The molecule has 1 aliphatic rings. The highest BCUT2D eigenvalue weighted by Crippen LogP contribution is 2.36. The van der Waals surface area contributed by atoms with Crippen LogP contribution >= 0.6 is 23.8 Å². The number of halogens is 4. The van der Waals surface area contributed by atoms with Crippen LogP contribution in [0.3, 0.4) is 0 Å². The van der Waals surface area contributed by atoms with Crippen molar-refractivity contribution in [2.24, 2.45) is 0 Å². The van der Waals surface area contributed by atoms with Crippen LogP contribution in [0.25, 0.3) is 6.08 Å². The second-order valence-electron chi connectivity index (χ2n) is 6.75. The molecule has 2 N–H and O–H groups in total. The van der Waals surface area contributed by atoms with Gasteiger partial charge in [0.1, 0.15) is 0 Å². The molecule has 3 rings (SSSR count). The van der Waals surface area contributed by atoms with E-state index in [2.05, 4.69) is 10.6 Å². The Morgan fingerprint density at radius 2 is 1.77 bits per heavy atom. The van der Waals surface area contributed by atoms with Crippen molar-refractivity contribution in [2.45, 2.75) is 19.0 Å². The maximum absolute atomic E-state index is 13.1. The van der Waals surface area contributed by atoms with E-state index in [1.807, 2.05) is 4.90 Å². The fourth-order valence-electron chi connectivity index (χ4n) is 3.10. The number of amides is 1. The molecule has 0 saturated carbocycles. The standard InChI is InChI=1S/C21H19ClF3N3OS/c22-16-7-3-14(4-8-16)5-10-19(29)27-20(30)26-17-13-15(21(23,24)25)6-9-18(17)28-11-1-2-12-28/h3-10,13H,1-2,11-12H2,(H2,26,27,29,30). The molecule has 0 spiro atoms. The molecular formula is C21H19ClF3N3OS. The Bertz CT molecular complexity index is 955. The summed E-state index contributed by atoms with van der Waals surface area (Å²) in [7, 11) is 0. The van der Waals surface area contributed by atoms with Crippen LogP contribution in [-0.2, 0) is 11.0 Å². The third-order valence-electron chi connectivity index (χ3n) is 4.55. The lowest BCUT2D eigenvalue weighted by atomic mass is 10.1. The molecule has 1 fully saturated rings. The molecule has 0 atom stereocenters. The van der Waals surface area contributed by atoms with E-state index in [1.54, 1.807) is 30.3 Å². The first-order valence-corrected chi connectivity index (χ1v) is 10.0. The average Bonchev–Trinajstić information content (AvgIpc) is 3.21. The number of hydrogen-bond donors (Lipinski definition) is 2. The van der Waals surface area contributed by atoms with Crippen LogP contribution in [0, 0.1) is 0 Å². The Balaban J connectivity index is 1.71. The van der Waals surface area contributed by atoms with E-state index in [4.69, 9.17) is 23.8 Å². The molecule has 158 valence electrons. The summed E-state index contributed by atoms with van der Waals surface area (Å²) in [6.07, 6.45) is 0.319. The van der Waals surface area contributed by atoms with E-state index >= 15 is 0 Å². The lowest BCUT2D eigenvalue weighted by molar-refractivity contribution is -0.137. The van der Waals surface area contributed by atoms with E-state index in [0.717, 1.165) is 43.6 Å². The molecule has 1 saturated heterocycles. The quantitative estimate of drug-likeness (QED) is 0.475. The molecule has 30 heavy (non-hydrogen) atoms. The molecule has 1 amide bonds. The monoisotopic (exact) mass is 453 g/mol. The van der Waals surface area contributed by atoms with Crippen LogP contribution in [0.4, 0.5) is 24.5 Å². The van der Waals surface area contributed by atoms with E-state index in [-0.39, 0.29) is 10.8 Å². The SMILES string of the molecule is O=C(C=Cc1ccc(Cl)cc1)NC(=S)Nc1cc(C(F)(F)F)ccc1N1CCCC1. The minimum absolute atomic E-state index is 0.0828. The number of rotatable bonds is 4. The van der Waals surface area contributed by atoms with Gasteiger partial charge in [0.25, 0.3) is 0 Å². The highest BCUT2D eigenvalue weighted by molar-refractivity contribution is 7.80. The van der Waals surface area contributed by atoms with Crippen molar-refractivity contribution in [2.75, 3.05) is 23.3 Å². The molecule has 0 aliphatic carbocycles. The molecule has 1 aliphatic heterocycles. The van der Waals surface area contributed by atoms with Gasteiger partial charge >= 0.3 is 6.18 Å². The van der Waals surface area contributed by atoms with E-state index in [9.17, 15) is 18.0 Å². The molecule has 2 aromatic carbocycles. The normalized spacial score (nSPS) is 14.2. The van der Waals surface area contributed by atoms with E-state index < -0.39 is 17.6 Å². The third kappa shape index (κ3) is 5.96. The number of nitrogens with one attached hydrogen (secondary N) is 2. The van der Waals surface area contributed by atoms with E-state index in [0.29, 0.717) is 10.7 Å². The lowest BCUT2D eigenvalue weighted by Crippen LogP contribution is -2.33. The zero-order valence-electron chi connectivity index (χ0n) is 15.8. The molecular weight excluding hydrogens is 435 g/mol. The van der Waals surface area contributed by atoms with Crippen molar-refractivity contribution in [1.82, 2.24) is 5.32 Å². The zero-order valence-corrected chi connectivity index (χ0v) is 17.4. The van der Waals surface area contributed by atoms with E-state index in [1.165, 1.54) is 12.1 Å². The maximum atomic E-state index is 13.1. The average molecular weight is 454 g/mol. The number of carbonyl (C=O) groups is 1. The van der Waals surface area contributed by atoms with Crippen molar-refractivity contribution in [3.05, 3.63) is 64.7 Å². The minimum atomic E-state index is -4.48. The van der Waals surface area contributed by atoms with Crippen molar-refractivity contribution < 1.29 is 18.0 Å². The van der Waals surface area contributed by atoms with Crippen LogP contribution < -0.4 is 15.5 Å². The molecule has 1 heterocycles. The number of nitrogens with zero attached hydrogens (tertiary/aromatic N) is 1. The second-order valence-corrected chi connectivity index (χ2v) is 7.60. The lowest BCUT2D eigenvalue weighted by Gasteiger charge is -2.23. The second kappa shape index (κ2) is 9.49. The van der Waals surface area contributed by atoms with Gasteiger partial charge in [-0.25, -0.2) is 0 Å². The Hall–Kier alpha value is -2.58. The van der Waals surface area contributed by atoms with Gasteiger partial charge in [0.15, 0.2) is 5.11 Å². The summed E-state index contributed by atoms with van der Waals surface area (Å²) in [5, 5.41) is 5.70. The molecule has 2 aromatic rings. The molecule has 0 radical (unpaired) electrons. The van der Waals surface area contributed by atoms with Gasteiger partial charge in [-0.15, -0.1) is 0 Å².